The molecule has 0 unspecified atom stereocenters. The summed E-state index contributed by atoms with van der Waals surface area (Å²) in [5.41, 5.74) is 1.43. The summed E-state index contributed by atoms with van der Waals surface area (Å²) < 4.78 is 5.77. The highest BCUT2D eigenvalue weighted by Crippen LogP contribution is 2.21. The third-order valence-electron chi connectivity index (χ3n) is 2.83. The Labute approximate surface area is 109 Å². The van der Waals surface area contributed by atoms with Crippen molar-refractivity contribution in [1.29, 1.82) is 0 Å². The normalized spacial score (nSPS) is 10.8. The number of hydrogen-bond donors (Lipinski definition) is 1. The Bertz CT molecular complexity index is 767. The number of rotatable bonds is 3. The van der Waals surface area contributed by atoms with E-state index in [4.69, 9.17) is 4.42 Å². The molecule has 7 heteroatoms. The molecule has 6 nitrogen and oxygen atoms in total. The van der Waals surface area contributed by atoms with Crippen molar-refractivity contribution in [3.8, 4) is 11.6 Å². The van der Waals surface area contributed by atoms with Gasteiger partial charge in [-0.15, -0.1) is 10.2 Å². The molecular formula is C12H10BN4O2. The summed E-state index contributed by atoms with van der Waals surface area (Å²) in [5.74, 6) is 0.587. The summed E-state index contributed by atoms with van der Waals surface area (Å²) in [5, 5.41) is 14.0. The average molecular weight is 253 g/mol. The standard InChI is InChI=1S/C12H10BN4O2/c1-13-6-7-3-2-4-8-9(18)5-10(19-11(7)8)12-14-16-17-15-12/h2-5H,6H2,1H3,(H,14,15,16,17). The zero-order valence-corrected chi connectivity index (χ0v) is 10.3. The molecule has 0 aliphatic rings. The van der Waals surface area contributed by atoms with Gasteiger partial charge in [0, 0.05) is 6.07 Å². The van der Waals surface area contributed by atoms with Crippen LogP contribution in [0.5, 0.6) is 0 Å². The molecule has 1 N–H and O–H groups in total. The molecule has 0 spiro atoms. The van der Waals surface area contributed by atoms with E-state index in [9.17, 15) is 4.79 Å². The first kappa shape index (κ1) is 11.6. The van der Waals surface area contributed by atoms with E-state index in [2.05, 4.69) is 20.6 Å². The minimum atomic E-state index is -0.112. The Kier molecular flexibility index (Phi) is 2.87. The first-order valence-corrected chi connectivity index (χ1v) is 5.87. The van der Waals surface area contributed by atoms with Crippen LogP contribution in [0.3, 0.4) is 0 Å². The number of aromatic amines is 1. The zero-order chi connectivity index (χ0) is 13.2. The van der Waals surface area contributed by atoms with E-state index in [0.29, 0.717) is 16.7 Å². The molecule has 0 saturated heterocycles. The fourth-order valence-electron chi connectivity index (χ4n) is 1.99. The minimum absolute atomic E-state index is 0.112. The lowest BCUT2D eigenvalue weighted by molar-refractivity contribution is 0.609. The van der Waals surface area contributed by atoms with Crippen molar-refractivity contribution in [2.45, 2.75) is 13.1 Å². The Hall–Kier alpha value is -2.44. The summed E-state index contributed by atoms with van der Waals surface area (Å²) >= 11 is 0. The van der Waals surface area contributed by atoms with Crippen molar-refractivity contribution in [1.82, 2.24) is 20.6 Å². The highest BCUT2D eigenvalue weighted by molar-refractivity contribution is 6.33. The first-order chi connectivity index (χ1) is 9.29. The van der Waals surface area contributed by atoms with Gasteiger partial charge in [-0.1, -0.05) is 25.3 Å². The monoisotopic (exact) mass is 253 g/mol. The maximum absolute atomic E-state index is 12.1. The van der Waals surface area contributed by atoms with Gasteiger partial charge in [0.05, 0.1) is 5.39 Å². The average Bonchev–Trinajstić information content (AvgIpc) is 2.94. The molecule has 2 heterocycles. The molecule has 1 radical (unpaired) electrons. The molecule has 0 atom stereocenters. The van der Waals surface area contributed by atoms with Gasteiger partial charge in [0.2, 0.25) is 5.82 Å². The number of tetrazole rings is 1. The lowest BCUT2D eigenvalue weighted by atomic mass is 9.75. The summed E-state index contributed by atoms with van der Waals surface area (Å²) in [6.45, 7) is 1.96. The van der Waals surface area contributed by atoms with Crippen LogP contribution in [0.15, 0.2) is 33.5 Å². The number of para-hydroxylation sites is 1. The fourth-order valence-corrected chi connectivity index (χ4v) is 1.99. The van der Waals surface area contributed by atoms with Crippen LogP contribution < -0.4 is 5.43 Å². The Morgan fingerprint density at radius 1 is 1.42 bits per heavy atom. The Morgan fingerprint density at radius 2 is 2.32 bits per heavy atom. The van der Waals surface area contributed by atoms with Crippen molar-refractivity contribution in [2.24, 2.45) is 0 Å². The maximum Gasteiger partial charge on any atom is 0.239 e. The van der Waals surface area contributed by atoms with E-state index in [1.807, 2.05) is 26.2 Å². The highest BCUT2D eigenvalue weighted by Gasteiger charge is 2.12. The molecule has 2 aromatic heterocycles. The number of fused-ring (bicyclic) bond motifs is 1. The molecule has 1 aromatic carbocycles. The highest BCUT2D eigenvalue weighted by atomic mass is 16.3. The maximum atomic E-state index is 12.1. The van der Waals surface area contributed by atoms with Gasteiger partial charge < -0.3 is 4.42 Å². The summed E-state index contributed by atoms with van der Waals surface area (Å²) in [6, 6.07) is 6.92. The third kappa shape index (κ3) is 2.03. The fraction of sp³-hybridized carbons (Fsp3) is 0.167. The molecule has 0 aliphatic carbocycles. The number of nitrogens with one attached hydrogen (secondary N) is 1. The summed E-state index contributed by atoms with van der Waals surface area (Å²) in [6.07, 6.45) is 0.732. The van der Waals surface area contributed by atoms with Gasteiger partial charge in [0.1, 0.15) is 12.9 Å². The molecule has 3 rings (SSSR count). The number of H-pyrrole nitrogens is 1. The van der Waals surface area contributed by atoms with Crippen molar-refractivity contribution in [3.05, 3.63) is 40.1 Å². The molecule has 0 saturated carbocycles. The number of benzene rings is 1. The molecule has 0 fully saturated rings. The number of hydrogen-bond acceptors (Lipinski definition) is 5. The second-order valence-corrected chi connectivity index (χ2v) is 4.12. The summed E-state index contributed by atoms with van der Waals surface area (Å²) in [7, 11) is 2.01. The molecule has 93 valence electrons. The van der Waals surface area contributed by atoms with E-state index in [1.54, 1.807) is 6.07 Å². The van der Waals surface area contributed by atoms with Gasteiger partial charge in [0.25, 0.3) is 0 Å². The van der Waals surface area contributed by atoms with Crippen molar-refractivity contribution in [3.63, 3.8) is 0 Å². The molecule has 0 amide bonds. The second kappa shape index (κ2) is 4.68. The van der Waals surface area contributed by atoms with Crippen molar-refractivity contribution in [2.75, 3.05) is 0 Å². The van der Waals surface area contributed by atoms with Crippen LogP contribution in [0.25, 0.3) is 22.6 Å². The van der Waals surface area contributed by atoms with E-state index >= 15 is 0 Å². The van der Waals surface area contributed by atoms with Gasteiger partial charge in [-0.3, -0.25) is 4.79 Å². The quantitative estimate of drug-likeness (QED) is 0.709. The largest absolute Gasteiger partial charge is 0.452 e. The van der Waals surface area contributed by atoms with Crippen molar-refractivity contribution >= 4 is 18.2 Å². The first-order valence-electron chi connectivity index (χ1n) is 5.87. The smallest absolute Gasteiger partial charge is 0.239 e. The SMILES string of the molecule is C[B]Cc1cccc2c(=O)cc(-c3nn[nH]n3)oc12. The second-order valence-electron chi connectivity index (χ2n) is 4.12. The van der Waals surface area contributed by atoms with Crippen LogP contribution in [-0.2, 0) is 6.32 Å². The molecular weight excluding hydrogens is 243 g/mol. The van der Waals surface area contributed by atoms with Crippen LogP contribution in [0, 0.1) is 0 Å². The molecule has 3 aromatic rings. The van der Waals surface area contributed by atoms with Gasteiger partial charge in [0.15, 0.2) is 11.2 Å². The predicted octanol–water partition coefficient (Wildman–Crippen LogP) is 1.23. The predicted molar refractivity (Wildman–Crippen MR) is 71.0 cm³/mol. The third-order valence-corrected chi connectivity index (χ3v) is 2.83. The number of aromatic nitrogens is 4. The molecule has 0 bridgehead atoms. The zero-order valence-electron chi connectivity index (χ0n) is 10.3. The van der Waals surface area contributed by atoms with E-state index in [1.165, 1.54) is 6.07 Å². The lowest BCUT2D eigenvalue weighted by Crippen LogP contribution is -2.03. The lowest BCUT2D eigenvalue weighted by Gasteiger charge is -2.04. The van der Waals surface area contributed by atoms with Crippen LogP contribution in [-0.4, -0.2) is 27.9 Å². The topological polar surface area (TPSA) is 84.7 Å². The minimum Gasteiger partial charge on any atom is -0.452 e. The molecule has 0 aliphatic heterocycles. The Balaban J connectivity index is 2.29. The van der Waals surface area contributed by atoms with Gasteiger partial charge in [-0.2, -0.15) is 5.21 Å². The van der Waals surface area contributed by atoms with Crippen LogP contribution in [0.2, 0.25) is 6.82 Å². The van der Waals surface area contributed by atoms with Crippen LogP contribution in [0.4, 0.5) is 0 Å². The Morgan fingerprint density at radius 3 is 3.05 bits per heavy atom. The van der Waals surface area contributed by atoms with E-state index in [-0.39, 0.29) is 11.3 Å². The number of nitrogens with zero attached hydrogens (tertiary/aromatic N) is 3. The van der Waals surface area contributed by atoms with Gasteiger partial charge >= 0.3 is 0 Å². The van der Waals surface area contributed by atoms with E-state index in [0.717, 1.165) is 11.9 Å². The van der Waals surface area contributed by atoms with Crippen LogP contribution >= 0.6 is 0 Å². The van der Waals surface area contributed by atoms with Gasteiger partial charge in [-0.25, -0.2) is 0 Å². The summed E-state index contributed by atoms with van der Waals surface area (Å²) in [4.78, 5) is 12.1. The van der Waals surface area contributed by atoms with Crippen LogP contribution in [0.1, 0.15) is 5.56 Å². The van der Waals surface area contributed by atoms with Crippen molar-refractivity contribution < 1.29 is 4.42 Å². The van der Waals surface area contributed by atoms with E-state index < -0.39 is 0 Å². The van der Waals surface area contributed by atoms with Gasteiger partial charge in [-0.05, 0) is 16.8 Å². The molecule has 19 heavy (non-hydrogen) atoms.